The molecule has 0 radical (unpaired) electrons. The van der Waals surface area contributed by atoms with Crippen molar-refractivity contribution >= 4 is 39.5 Å². The standard InChI is InChI=1S/C75H146O17P2/c1-6-10-13-16-19-22-25-28-31-34-36-39-42-48-53-58-72(77)85-64-70(91-74(79)61-56-51-44-41-38-35-32-29-26-23-20-17-14-11-7-2)66-89-93(81,82)87-62-69(76)63-88-94(83,84)90-67-71(65-86-73(78)59-54-49-46-45-47-52-57-68(5)9-4)92-75(80)60-55-50-43-40-37-33-30-27-24-21-18-15-12-8-3/h68-71,76H,6-67H2,1-5H3,(H,81,82)(H,83,84)/t68?,69-,70-,71-/m1/s1. The van der Waals surface area contributed by atoms with Gasteiger partial charge in [0.15, 0.2) is 12.2 Å². The molecular formula is C75H146O17P2. The molecule has 0 saturated heterocycles. The first-order valence-corrected chi connectivity index (χ1v) is 42.2. The average Bonchev–Trinajstić information content (AvgIpc) is 1.55. The minimum Gasteiger partial charge on any atom is -0.462 e. The maximum atomic E-state index is 13.1. The van der Waals surface area contributed by atoms with Crippen molar-refractivity contribution in [3.8, 4) is 0 Å². The molecule has 19 heteroatoms. The molecule has 0 bridgehead atoms. The highest BCUT2D eigenvalue weighted by Gasteiger charge is 2.30. The Morgan fingerprint density at radius 2 is 0.511 bits per heavy atom. The number of hydrogen-bond donors (Lipinski definition) is 3. The fraction of sp³-hybridized carbons (Fsp3) is 0.947. The van der Waals surface area contributed by atoms with Crippen molar-refractivity contribution < 1.29 is 80.2 Å². The van der Waals surface area contributed by atoms with Crippen LogP contribution in [0.5, 0.6) is 0 Å². The van der Waals surface area contributed by atoms with Crippen LogP contribution in [-0.2, 0) is 65.4 Å². The van der Waals surface area contributed by atoms with Crippen LogP contribution in [0.1, 0.15) is 394 Å². The van der Waals surface area contributed by atoms with E-state index in [1.807, 2.05) is 0 Å². The number of rotatable bonds is 75. The van der Waals surface area contributed by atoms with Gasteiger partial charge in [0.05, 0.1) is 26.4 Å². The number of phosphoric acid groups is 2. The molecule has 0 aromatic heterocycles. The molecule has 6 atom stereocenters. The topological polar surface area (TPSA) is 237 Å². The summed E-state index contributed by atoms with van der Waals surface area (Å²) < 4.78 is 68.5. The van der Waals surface area contributed by atoms with Gasteiger partial charge in [0.25, 0.3) is 0 Å². The Morgan fingerprint density at radius 3 is 0.755 bits per heavy atom. The molecule has 0 aliphatic heterocycles. The first kappa shape index (κ1) is 92.1. The molecule has 17 nitrogen and oxygen atoms in total. The monoisotopic (exact) mass is 1380 g/mol. The lowest BCUT2D eigenvalue weighted by atomic mass is 10.00. The molecule has 0 aliphatic rings. The van der Waals surface area contributed by atoms with Crippen LogP contribution in [0, 0.1) is 5.92 Å². The zero-order chi connectivity index (χ0) is 69.1. The summed E-state index contributed by atoms with van der Waals surface area (Å²) in [5.41, 5.74) is 0. The second-order valence-corrected chi connectivity index (χ2v) is 30.2. The van der Waals surface area contributed by atoms with Gasteiger partial charge in [0.1, 0.15) is 19.3 Å². The first-order chi connectivity index (χ1) is 45.6. The predicted molar refractivity (Wildman–Crippen MR) is 382 cm³/mol. The van der Waals surface area contributed by atoms with Gasteiger partial charge in [-0.2, -0.15) is 0 Å². The molecule has 0 aromatic rings. The third kappa shape index (κ3) is 67.3. The highest BCUT2D eigenvalue weighted by molar-refractivity contribution is 7.47. The molecule has 0 fully saturated rings. The molecule has 0 aromatic carbocycles. The van der Waals surface area contributed by atoms with Gasteiger partial charge in [-0.25, -0.2) is 9.13 Å². The number of carbonyl (C=O) groups is 4. The van der Waals surface area contributed by atoms with Crippen LogP contribution in [0.15, 0.2) is 0 Å². The third-order valence-corrected chi connectivity index (χ3v) is 19.8. The average molecular weight is 1380 g/mol. The molecule has 94 heavy (non-hydrogen) atoms. The Hall–Kier alpha value is -1.94. The summed E-state index contributed by atoms with van der Waals surface area (Å²) in [5.74, 6) is -1.38. The van der Waals surface area contributed by atoms with Crippen molar-refractivity contribution in [3.63, 3.8) is 0 Å². The van der Waals surface area contributed by atoms with Crippen LogP contribution >= 0.6 is 15.6 Å². The molecule has 0 aliphatic carbocycles. The summed E-state index contributed by atoms with van der Waals surface area (Å²) in [4.78, 5) is 72.8. The number of ether oxygens (including phenoxy) is 4. The fourth-order valence-electron chi connectivity index (χ4n) is 11.5. The van der Waals surface area contributed by atoms with E-state index in [0.717, 1.165) is 102 Å². The normalized spacial score (nSPS) is 14.3. The summed E-state index contributed by atoms with van der Waals surface area (Å²) in [6.07, 6.45) is 56.7. The van der Waals surface area contributed by atoms with Gasteiger partial charge in [-0.15, -0.1) is 0 Å². The number of carbonyl (C=O) groups excluding carboxylic acids is 4. The molecular weight excluding hydrogens is 1230 g/mol. The van der Waals surface area contributed by atoms with Crippen molar-refractivity contribution in [2.75, 3.05) is 39.6 Å². The maximum absolute atomic E-state index is 13.1. The molecule has 3 N–H and O–H groups in total. The smallest absolute Gasteiger partial charge is 0.462 e. The van der Waals surface area contributed by atoms with Crippen molar-refractivity contribution in [2.24, 2.45) is 5.92 Å². The predicted octanol–water partition coefficient (Wildman–Crippen LogP) is 22.1. The van der Waals surface area contributed by atoms with E-state index in [1.54, 1.807) is 0 Å². The first-order valence-electron chi connectivity index (χ1n) is 39.2. The summed E-state index contributed by atoms with van der Waals surface area (Å²) in [5, 5.41) is 10.6. The van der Waals surface area contributed by atoms with Gasteiger partial charge in [-0.3, -0.25) is 37.3 Å². The number of hydrogen-bond acceptors (Lipinski definition) is 15. The molecule has 0 amide bonds. The minimum atomic E-state index is -4.96. The van der Waals surface area contributed by atoms with E-state index in [0.29, 0.717) is 25.7 Å². The number of aliphatic hydroxyl groups excluding tert-OH is 1. The third-order valence-electron chi connectivity index (χ3n) is 17.9. The Morgan fingerprint density at radius 1 is 0.298 bits per heavy atom. The Kier molecular flexibility index (Phi) is 66.8. The fourth-order valence-corrected chi connectivity index (χ4v) is 13.1. The van der Waals surface area contributed by atoms with Crippen molar-refractivity contribution in [1.82, 2.24) is 0 Å². The summed E-state index contributed by atoms with van der Waals surface area (Å²) >= 11 is 0. The van der Waals surface area contributed by atoms with Crippen molar-refractivity contribution in [1.29, 1.82) is 0 Å². The zero-order valence-electron chi connectivity index (χ0n) is 61.1. The van der Waals surface area contributed by atoms with Gasteiger partial charge in [-0.1, -0.05) is 343 Å². The van der Waals surface area contributed by atoms with E-state index >= 15 is 0 Å². The molecule has 0 rings (SSSR count). The second kappa shape index (κ2) is 68.2. The quantitative estimate of drug-likeness (QED) is 0.0222. The second-order valence-electron chi connectivity index (χ2n) is 27.3. The van der Waals surface area contributed by atoms with Crippen molar-refractivity contribution in [3.05, 3.63) is 0 Å². The van der Waals surface area contributed by atoms with E-state index in [9.17, 15) is 43.2 Å². The zero-order valence-corrected chi connectivity index (χ0v) is 62.9. The lowest BCUT2D eigenvalue weighted by molar-refractivity contribution is -0.161. The van der Waals surface area contributed by atoms with Crippen LogP contribution in [0.3, 0.4) is 0 Å². The van der Waals surface area contributed by atoms with Gasteiger partial charge in [-0.05, 0) is 31.6 Å². The number of esters is 4. The van der Waals surface area contributed by atoms with Crippen molar-refractivity contribution in [2.45, 2.75) is 412 Å². The van der Waals surface area contributed by atoms with Crippen LogP contribution < -0.4 is 0 Å². The molecule has 0 heterocycles. The molecule has 0 saturated carbocycles. The number of phosphoric ester groups is 2. The molecule has 558 valence electrons. The van der Waals surface area contributed by atoms with Crippen LogP contribution in [0.4, 0.5) is 0 Å². The molecule has 0 spiro atoms. The van der Waals surface area contributed by atoms with Gasteiger partial charge < -0.3 is 33.8 Å². The Balaban J connectivity index is 5.25. The van der Waals surface area contributed by atoms with E-state index in [1.165, 1.54) is 212 Å². The summed E-state index contributed by atoms with van der Waals surface area (Å²) in [6, 6.07) is 0. The summed E-state index contributed by atoms with van der Waals surface area (Å²) in [7, 11) is -9.91. The lowest BCUT2D eigenvalue weighted by Gasteiger charge is -2.21. The summed E-state index contributed by atoms with van der Waals surface area (Å²) in [6.45, 7) is 7.26. The van der Waals surface area contributed by atoms with E-state index in [4.69, 9.17) is 37.0 Å². The van der Waals surface area contributed by atoms with Gasteiger partial charge in [0, 0.05) is 25.7 Å². The number of unbranched alkanes of at least 4 members (excludes halogenated alkanes) is 46. The maximum Gasteiger partial charge on any atom is 0.472 e. The highest BCUT2D eigenvalue weighted by atomic mass is 31.2. The van der Waals surface area contributed by atoms with Gasteiger partial charge in [0.2, 0.25) is 0 Å². The highest BCUT2D eigenvalue weighted by Crippen LogP contribution is 2.45. The lowest BCUT2D eigenvalue weighted by Crippen LogP contribution is -2.30. The van der Waals surface area contributed by atoms with Crippen LogP contribution in [0.25, 0.3) is 0 Å². The van der Waals surface area contributed by atoms with E-state index in [-0.39, 0.29) is 25.7 Å². The SMILES string of the molecule is CCCCCCCCCCCCCCCCCC(=O)OC[C@H](COP(=O)(O)OC[C@@H](O)COP(=O)(O)OC[C@@H](COC(=O)CCCCCCCCC(C)CC)OC(=O)CCCCCCCCCCCCCCCC)OC(=O)CCCCCCCCCCCCCCCCC. The van der Waals surface area contributed by atoms with Crippen LogP contribution in [-0.4, -0.2) is 96.7 Å². The van der Waals surface area contributed by atoms with Gasteiger partial charge >= 0.3 is 39.5 Å². The largest absolute Gasteiger partial charge is 0.472 e. The minimum absolute atomic E-state index is 0.107. The van der Waals surface area contributed by atoms with E-state index in [2.05, 4.69) is 34.6 Å². The Bertz CT molecular complexity index is 1810. The Labute approximate surface area is 575 Å². The van der Waals surface area contributed by atoms with E-state index < -0.39 is 97.5 Å². The number of aliphatic hydroxyl groups is 1. The van der Waals surface area contributed by atoms with Crippen LogP contribution in [0.2, 0.25) is 0 Å². The molecule has 3 unspecified atom stereocenters.